The van der Waals surface area contributed by atoms with E-state index in [1.54, 1.807) is 0 Å². The van der Waals surface area contributed by atoms with Crippen molar-refractivity contribution in [1.29, 1.82) is 0 Å². The fourth-order valence-electron chi connectivity index (χ4n) is 6.60. The quantitative estimate of drug-likeness (QED) is 0.199. The van der Waals surface area contributed by atoms with Crippen LogP contribution in [0.2, 0.25) is 0 Å². The van der Waals surface area contributed by atoms with Gasteiger partial charge in [-0.05, 0) is 91.4 Å². The molecule has 8 aromatic rings. The van der Waals surface area contributed by atoms with Gasteiger partial charge < -0.3 is 0 Å². The summed E-state index contributed by atoms with van der Waals surface area (Å²) in [4.78, 5) is 19.6. The number of nitrogens with zero attached hydrogens (tertiary/aromatic N) is 6. The summed E-state index contributed by atoms with van der Waals surface area (Å²) in [5.74, 6) is 1.75. The minimum absolute atomic E-state index is 0.853. The van der Waals surface area contributed by atoms with Crippen LogP contribution in [0.4, 0.5) is 0 Å². The van der Waals surface area contributed by atoms with Crippen LogP contribution in [0.3, 0.4) is 0 Å². The Bertz CT molecular complexity index is 2370. The van der Waals surface area contributed by atoms with E-state index in [1.165, 1.54) is 22.3 Å². The summed E-state index contributed by atoms with van der Waals surface area (Å²) < 4.78 is 4.40. The second-order valence-corrected chi connectivity index (χ2v) is 11.9. The zero-order valence-corrected chi connectivity index (χ0v) is 26.2. The monoisotopic (exact) mass is 596 g/mol. The summed E-state index contributed by atoms with van der Waals surface area (Å²) in [5, 5.41) is 0. The topological polar surface area (TPSA) is 61.4 Å². The van der Waals surface area contributed by atoms with E-state index in [2.05, 4.69) is 122 Å². The number of hydrogen-bond donors (Lipinski definition) is 0. The maximum absolute atomic E-state index is 5.09. The van der Waals surface area contributed by atoms with E-state index in [0.717, 1.165) is 67.6 Å². The standard InChI is InChI=1S/C40H32N6/c1-25-10-5-11-26(2)35(25)45-37(43-33-16-8-22-41-39(33)45)30-20-18-29(19-21-30)31-14-7-15-32(24-31)38-44-34-17-9-23-42-40(34)46(38)36-27(3)12-6-13-28(36)4/h5-24H,1-4H3. The highest BCUT2D eigenvalue weighted by Crippen LogP contribution is 2.35. The molecule has 0 aliphatic rings. The van der Waals surface area contributed by atoms with Crippen molar-refractivity contribution in [2.24, 2.45) is 0 Å². The number of hydrogen-bond acceptors (Lipinski definition) is 4. The molecule has 0 unspecified atom stereocenters. The van der Waals surface area contributed by atoms with Crippen molar-refractivity contribution >= 4 is 22.3 Å². The van der Waals surface area contributed by atoms with Crippen molar-refractivity contribution in [1.82, 2.24) is 29.1 Å². The normalized spacial score (nSPS) is 11.5. The largest absolute Gasteiger partial charge is 0.276 e. The fourth-order valence-corrected chi connectivity index (χ4v) is 6.60. The SMILES string of the molecule is Cc1cccc(C)c1-n1c(-c2ccc(-c3cccc(-c4nc5cccnc5n4-c4c(C)cccc4C)c3)cc2)nc2cccnc21. The molecule has 6 heteroatoms. The number of fused-ring (bicyclic) bond motifs is 2. The van der Waals surface area contributed by atoms with Crippen LogP contribution in [0.25, 0.3) is 67.6 Å². The van der Waals surface area contributed by atoms with Gasteiger partial charge >= 0.3 is 0 Å². The average Bonchev–Trinajstić information content (AvgIpc) is 3.64. The molecule has 4 heterocycles. The van der Waals surface area contributed by atoms with Crippen LogP contribution < -0.4 is 0 Å². The van der Waals surface area contributed by atoms with Gasteiger partial charge in [-0.25, -0.2) is 19.9 Å². The van der Waals surface area contributed by atoms with Crippen LogP contribution in [0.15, 0.2) is 122 Å². The number of benzene rings is 4. The Balaban J connectivity index is 1.23. The van der Waals surface area contributed by atoms with Crippen molar-refractivity contribution in [2.45, 2.75) is 27.7 Å². The van der Waals surface area contributed by atoms with Crippen LogP contribution in [-0.2, 0) is 0 Å². The molecule has 0 spiro atoms. The van der Waals surface area contributed by atoms with Gasteiger partial charge in [0.1, 0.15) is 22.7 Å². The molecule has 222 valence electrons. The van der Waals surface area contributed by atoms with Gasteiger partial charge in [0, 0.05) is 23.5 Å². The summed E-state index contributed by atoms with van der Waals surface area (Å²) in [5.41, 5.74) is 14.7. The Labute approximate surface area is 267 Å². The highest BCUT2D eigenvalue weighted by molar-refractivity contribution is 5.84. The smallest absolute Gasteiger partial charge is 0.164 e. The molecule has 0 aliphatic heterocycles. The number of imidazole rings is 2. The lowest BCUT2D eigenvalue weighted by molar-refractivity contribution is 1.04. The number of pyridine rings is 2. The highest BCUT2D eigenvalue weighted by atomic mass is 15.1. The van der Waals surface area contributed by atoms with Crippen LogP contribution >= 0.6 is 0 Å². The second kappa shape index (κ2) is 10.9. The lowest BCUT2D eigenvalue weighted by Gasteiger charge is -2.15. The summed E-state index contributed by atoms with van der Waals surface area (Å²) in [7, 11) is 0. The van der Waals surface area contributed by atoms with E-state index in [4.69, 9.17) is 19.9 Å². The molecular weight excluding hydrogens is 564 g/mol. The Morgan fingerprint density at radius 2 is 0.848 bits per heavy atom. The van der Waals surface area contributed by atoms with Gasteiger partial charge in [0.15, 0.2) is 11.3 Å². The summed E-state index contributed by atoms with van der Waals surface area (Å²) in [6, 6.07) is 37.9. The maximum Gasteiger partial charge on any atom is 0.164 e. The lowest BCUT2D eigenvalue weighted by atomic mass is 10.0. The number of aromatic nitrogens is 6. The van der Waals surface area contributed by atoms with E-state index in [0.29, 0.717) is 0 Å². The zero-order chi connectivity index (χ0) is 31.4. The average molecular weight is 597 g/mol. The molecule has 0 saturated heterocycles. The van der Waals surface area contributed by atoms with Crippen molar-refractivity contribution < 1.29 is 0 Å². The first-order valence-electron chi connectivity index (χ1n) is 15.5. The summed E-state index contributed by atoms with van der Waals surface area (Å²) in [6.07, 6.45) is 3.67. The van der Waals surface area contributed by atoms with E-state index in [-0.39, 0.29) is 0 Å². The minimum Gasteiger partial charge on any atom is -0.276 e. The third-order valence-electron chi connectivity index (χ3n) is 8.76. The van der Waals surface area contributed by atoms with Crippen LogP contribution in [0.5, 0.6) is 0 Å². The third-order valence-corrected chi connectivity index (χ3v) is 8.76. The molecule has 0 saturated carbocycles. The Morgan fingerprint density at radius 1 is 0.413 bits per heavy atom. The van der Waals surface area contributed by atoms with E-state index >= 15 is 0 Å². The van der Waals surface area contributed by atoms with Gasteiger partial charge in [0.05, 0.1) is 11.4 Å². The maximum atomic E-state index is 5.09. The molecule has 0 atom stereocenters. The second-order valence-electron chi connectivity index (χ2n) is 11.9. The first-order chi connectivity index (χ1) is 22.5. The van der Waals surface area contributed by atoms with Crippen LogP contribution in [0, 0.1) is 27.7 Å². The zero-order valence-electron chi connectivity index (χ0n) is 26.2. The van der Waals surface area contributed by atoms with Gasteiger partial charge in [0.2, 0.25) is 0 Å². The molecule has 0 aliphatic carbocycles. The Hall–Kier alpha value is -5.88. The highest BCUT2D eigenvalue weighted by Gasteiger charge is 2.20. The summed E-state index contributed by atoms with van der Waals surface area (Å²) >= 11 is 0. The molecule has 6 nitrogen and oxygen atoms in total. The first-order valence-corrected chi connectivity index (χ1v) is 15.5. The molecule has 4 aromatic heterocycles. The number of rotatable bonds is 5. The molecule has 0 bridgehead atoms. The van der Waals surface area contributed by atoms with Crippen molar-refractivity contribution in [2.75, 3.05) is 0 Å². The van der Waals surface area contributed by atoms with Gasteiger partial charge in [-0.1, -0.05) is 78.9 Å². The van der Waals surface area contributed by atoms with Crippen molar-refractivity contribution in [3.05, 3.63) is 144 Å². The van der Waals surface area contributed by atoms with Crippen molar-refractivity contribution in [3.63, 3.8) is 0 Å². The van der Waals surface area contributed by atoms with Gasteiger partial charge in [-0.2, -0.15) is 0 Å². The lowest BCUT2D eigenvalue weighted by Crippen LogP contribution is -2.03. The predicted molar refractivity (Wildman–Crippen MR) is 187 cm³/mol. The van der Waals surface area contributed by atoms with E-state index in [9.17, 15) is 0 Å². The third kappa shape index (κ3) is 4.49. The predicted octanol–water partition coefficient (Wildman–Crippen LogP) is 9.39. The van der Waals surface area contributed by atoms with Crippen LogP contribution in [0.1, 0.15) is 22.3 Å². The molecule has 4 aromatic carbocycles. The Morgan fingerprint density at radius 3 is 1.37 bits per heavy atom. The molecule has 8 rings (SSSR count). The van der Waals surface area contributed by atoms with Crippen LogP contribution in [-0.4, -0.2) is 29.1 Å². The summed E-state index contributed by atoms with van der Waals surface area (Å²) in [6.45, 7) is 8.57. The number of para-hydroxylation sites is 2. The molecule has 0 fully saturated rings. The van der Waals surface area contributed by atoms with E-state index in [1.807, 2.05) is 36.7 Å². The molecular formula is C40H32N6. The van der Waals surface area contributed by atoms with Gasteiger partial charge in [-0.3, -0.25) is 9.13 Å². The molecule has 46 heavy (non-hydrogen) atoms. The number of aryl methyl sites for hydroxylation is 4. The van der Waals surface area contributed by atoms with Gasteiger partial charge in [0.25, 0.3) is 0 Å². The molecule has 0 amide bonds. The van der Waals surface area contributed by atoms with Crippen molar-refractivity contribution in [3.8, 4) is 45.3 Å². The van der Waals surface area contributed by atoms with Gasteiger partial charge in [-0.15, -0.1) is 0 Å². The first kappa shape index (κ1) is 27.7. The molecule has 0 N–H and O–H groups in total. The Kier molecular flexibility index (Phi) is 6.57. The minimum atomic E-state index is 0.853. The fraction of sp³-hybridized carbons (Fsp3) is 0.100. The molecule has 0 radical (unpaired) electrons. The van der Waals surface area contributed by atoms with E-state index < -0.39 is 0 Å².